The lowest BCUT2D eigenvalue weighted by Gasteiger charge is -2.15. The van der Waals surface area contributed by atoms with Gasteiger partial charge in [0.1, 0.15) is 5.82 Å². The van der Waals surface area contributed by atoms with Crippen molar-refractivity contribution < 1.29 is 13.7 Å². The smallest absolute Gasteiger partial charge is 0.404 e. The van der Waals surface area contributed by atoms with Crippen LogP contribution < -0.4 is 5.46 Å². The molecule has 1 fully saturated rings. The SMILES string of the molecule is CC1(C)COB(c2c[nH]c3ccc(-c4ccccc4F)nc23)O1. The van der Waals surface area contributed by atoms with E-state index in [4.69, 9.17) is 9.31 Å². The molecule has 2 aromatic heterocycles. The summed E-state index contributed by atoms with van der Waals surface area (Å²) >= 11 is 0. The van der Waals surface area contributed by atoms with E-state index in [9.17, 15) is 4.39 Å². The lowest BCUT2D eigenvalue weighted by molar-refractivity contribution is 0.137. The third-order valence-corrected chi connectivity index (χ3v) is 3.96. The summed E-state index contributed by atoms with van der Waals surface area (Å²) in [4.78, 5) is 7.80. The fraction of sp³-hybridized carbons (Fsp3) is 0.235. The molecule has 0 radical (unpaired) electrons. The first-order valence-electron chi connectivity index (χ1n) is 7.56. The standard InChI is InChI=1S/C17H16BFN2O2/c1-17(2)10-22-18(23-17)12-9-20-15-8-7-14(21-16(12)15)11-5-3-4-6-13(11)19/h3-9,20H,10H2,1-2H3. The minimum atomic E-state index is -0.456. The molecule has 1 N–H and O–H groups in total. The molecule has 1 aliphatic rings. The molecule has 0 atom stereocenters. The van der Waals surface area contributed by atoms with E-state index in [1.165, 1.54) is 6.07 Å². The topological polar surface area (TPSA) is 47.1 Å². The van der Waals surface area contributed by atoms with Crippen LogP contribution >= 0.6 is 0 Å². The number of aromatic nitrogens is 2. The van der Waals surface area contributed by atoms with Crippen molar-refractivity contribution in [3.8, 4) is 11.3 Å². The molecule has 4 nitrogen and oxygen atoms in total. The van der Waals surface area contributed by atoms with Gasteiger partial charge in [0, 0.05) is 17.2 Å². The number of hydrogen-bond acceptors (Lipinski definition) is 3. The van der Waals surface area contributed by atoms with Gasteiger partial charge in [0.25, 0.3) is 0 Å². The van der Waals surface area contributed by atoms with Gasteiger partial charge in [0.2, 0.25) is 0 Å². The molecule has 4 rings (SSSR count). The van der Waals surface area contributed by atoms with Gasteiger partial charge in [0.15, 0.2) is 0 Å². The van der Waals surface area contributed by atoms with Gasteiger partial charge in [-0.15, -0.1) is 0 Å². The maximum atomic E-state index is 14.0. The lowest BCUT2D eigenvalue weighted by atomic mass is 9.80. The lowest BCUT2D eigenvalue weighted by Crippen LogP contribution is -2.34. The molecule has 0 spiro atoms. The predicted octanol–water partition coefficient (Wildman–Crippen LogP) is 2.89. The molecule has 3 heterocycles. The second-order valence-electron chi connectivity index (χ2n) is 6.34. The average molecular weight is 310 g/mol. The fourth-order valence-corrected chi connectivity index (χ4v) is 2.81. The van der Waals surface area contributed by atoms with Crippen molar-refractivity contribution >= 4 is 23.6 Å². The maximum Gasteiger partial charge on any atom is 0.498 e. The summed E-state index contributed by atoms with van der Waals surface area (Å²) in [6.45, 7) is 4.50. The Bertz CT molecular complexity index is 878. The van der Waals surface area contributed by atoms with Gasteiger partial charge in [-0.1, -0.05) is 12.1 Å². The molecule has 0 bridgehead atoms. The normalized spacial score (nSPS) is 17.1. The van der Waals surface area contributed by atoms with Crippen molar-refractivity contribution in [2.45, 2.75) is 19.4 Å². The monoisotopic (exact) mass is 310 g/mol. The zero-order valence-corrected chi connectivity index (χ0v) is 13.0. The van der Waals surface area contributed by atoms with Crippen molar-refractivity contribution in [2.24, 2.45) is 0 Å². The Morgan fingerprint density at radius 2 is 2.04 bits per heavy atom. The quantitative estimate of drug-likeness (QED) is 0.740. The molecule has 1 aliphatic heterocycles. The average Bonchev–Trinajstić information content (AvgIpc) is 3.10. The van der Waals surface area contributed by atoms with Crippen LogP contribution in [0.4, 0.5) is 4.39 Å². The van der Waals surface area contributed by atoms with Crippen molar-refractivity contribution in [1.82, 2.24) is 9.97 Å². The first kappa shape index (κ1) is 14.4. The highest BCUT2D eigenvalue weighted by atomic mass is 19.1. The van der Waals surface area contributed by atoms with E-state index in [0.717, 1.165) is 16.5 Å². The van der Waals surface area contributed by atoms with E-state index in [1.54, 1.807) is 24.3 Å². The Balaban J connectivity index is 1.80. The Kier molecular flexibility index (Phi) is 3.25. The number of halogens is 1. The fourth-order valence-electron chi connectivity index (χ4n) is 2.81. The number of H-pyrrole nitrogens is 1. The van der Waals surface area contributed by atoms with Crippen molar-refractivity contribution in [1.29, 1.82) is 0 Å². The van der Waals surface area contributed by atoms with Crippen LogP contribution in [-0.4, -0.2) is 29.3 Å². The Hall–Kier alpha value is -2.18. The summed E-state index contributed by atoms with van der Waals surface area (Å²) in [5.41, 5.74) is 3.20. The summed E-state index contributed by atoms with van der Waals surface area (Å²) in [7, 11) is -0.456. The highest BCUT2D eigenvalue weighted by Crippen LogP contribution is 2.24. The Labute approximate surface area is 133 Å². The number of benzene rings is 1. The zero-order valence-electron chi connectivity index (χ0n) is 13.0. The number of pyridine rings is 1. The summed E-state index contributed by atoms with van der Waals surface area (Å²) < 4.78 is 25.7. The van der Waals surface area contributed by atoms with Crippen LogP contribution in [0.1, 0.15) is 13.8 Å². The molecular weight excluding hydrogens is 294 g/mol. The van der Waals surface area contributed by atoms with Crippen LogP contribution in [0.5, 0.6) is 0 Å². The number of fused-ring (bicyclic) bond motifs is 1. The van der Waals surface area contributed by atoms with Gasteiger partial charge in [-0.25, -0.2) is 9.37 Å². The van der Waals surface area contributed by atoms with E-state index < -0.39 is 7.12 Å². The molecular formula is C17H16BFN2O2. The number of rotatable bonds is 2. The summed E-state index contributed by atoms with van der Waals surface area (Å²) in [6, 6.07) is 10.3. The number of nitrogens with one attached hydrogen (secondary N) is 1. The van der Waals surface area contributed by atoms with Crippen LogP contribution in [0, 0.1) is 5.82 Å². The van der Waals surface area contributed by atoms with E-state index in [1.807, 2.05) is 26.1 Å². The van der Waals surface area contributed by atoms with Gasteiger partial charge in [-0.3, -0.25) is 0 Å². The van der Waals surface area contributed by atoms with Crippen LogP contribution in [0.3, 0.4) is 0 Å². The van der Waals surface area contributed by atoms with Crippen LogP contribution in [0.2, 0.25) is 0 Å². The largest absolute Gasteiger partial charge is 0.498 e. The second kappa shape index (κ2) is 5.18. The molecule has 0 aliphatic carbocycles. The minimum absolute atomic E-state index is 0.286. The van der Waals surface area contributed by atoms with Crippen molar-refractivity contribution in [2.75, 3.05) is 6.61 Å². The molecule has 6 heteroatoms. The number of hydrogen-bond donors (Lipinski definition) is 1. The molecule has 0 saturated carbocycles. The van der Waals surface area contributed by atoms with Crippen LogP contribution in [0.15, 0.2) is 42.6 Å². The predicted molar refractivity (Wildman–Crippen MR) is 88.0 cm³/mol. The third kappa shape index (κ3) is 2.54. The minimum Gasteiger partial charge on any atom is -0.404 e. The van der Waals surface area contributed by atoms with Gasteiger partial charge in [0.05, 0.1) is 28.9 Å². The zero-order chi connectivity index (χ0) is 16.0. The summed E-state index contributed by atoms with van der Waals surface area (Å²) in [5, 5.41) is 0. The first-order valence-corrected chi connectivity index (χ1v) is 7.56. The summed E-state index contributed by atoms with van der Waals surface area (Å²) in [6.07, 6.45) is 1.84. The highest BCUT2D eigenvalue weighted by Gasteiger charge is 2.39. The molecule has 1 aromatic carbocycles. The van der Waals surface area contributed by atoms with Crippen molar-refractivity contribution in [3.05, 3.63) is 48.4 Å². The molecule has 0 amide bonds. The number of nitrogens with zero attached hydrogens (tertiary/aromatic N) is 1. The van der Waals surface area contributed by atoms with Gasteiger partial charge >= 0.3 is 7.12 Å². The third-order valence-electron chi connectivity index (χ3n) is 3.96. The van der Waals surface area contributed by atoms with Crippen LogP contribution in [-0.2, 0) is 9.31 Å². The van der Waals surface area contributed by atoms with Gasteiger partial charge in [-0.05, 0) is 38.1 Å². The first-order chi connectivity index (χ1) is 11.0. The highest BCUT2D eigenvalue weighted by molar-refractivity contribution is 6.64. The molecule has 3 aromatic rings. The Morgan fingerprint density at radius 1 is 1.22 bits per heavy atom. The van der Waals surface area contributed by atoms with E-state index in [0.29, 0.717) is 17.9 Å². The molecule has 116 valence electrons. The second-order valence-corrected chi connectivity index (χ2v) is 6.34. The van der Waals surface area contributed by atoms with E-state index in [2.05, 4.69) is 9.97 Å². The van der Waals surface area contributed by atoms with E-state index >= 15 is 0 Å². The van der Waals surface area contributed by atoms with E-state index in [-0.39, 0.29) is 11.4 Å². The van der Waals surface area contributed by atoms with Gasteiger partial charge < -0.3 is 14.3 Å². The van der Waals surface area contributed by atoms with Crippen LogP contribution in [0.25, 0.3) is 22.3 Å². The Morgan fingerprint density at radius 3 is 2.78 bits per heavy atom. The summed E-state index contributed by atoms with van der Waals surface area (Å²) in [5.74, 6) is -0.286. The molecule has 1 saturated heterocycles. The molecule has 23 heavy (non-hydrogen) atoms. The molecule has 0 unspecified atom stereocenters. The number of aromatic amines is 1. The maximum absolute atomic E-state index is 14.0. The van der Waals surface area contributed by atoms with Crippen molar-refractivity contribution in [3.63, 3.8) is 0 Å². The van der Waals surface area contributed by atoms with Gasteiger partial charge in [-0.2, -0.15) is 0 Å².